The van der Waals surface area contributed by atoms with E-state index < -0.39 is 11.9 Å². The lowest BCUT2D eigenvalue weighted by Gasteiger charge is -2.32. The van der Waals surface area contributed by atoms with Crippen LogP contribution < -0.4 is 4.74 Å². The van der Waals surface area contributed by atoms with Crippen LogP contribution in [0.5, 0.6) is 5.75 Å². The van der Waals surface area contributed by atoms with Gasteiger partial charge in [-0.05, 0) is 29.8 Å². The Morgan fingerprint density at radius 2 is 1.77 bits per heavy atom. The minimum atomic E-state index is -1.82. The first-order chi connectivity index (χ1) is 15.0. The molecule has 1 aliphatic rings. The van der Waals surface area contributed by atoms with E-state index in [9.17, 15) is 0 Å². The molecule has 8 heteroatoms. The second-order valence-electron chi connectivity index (χ2n) is 7.00. The van der Waals surface area contributed by atoms with Crippen LogP contribution in [0, 0.1) is 0 Å². The number of hydrogen-bond donors (Lipinski definition) is 2. The second kappa shape index (κ2) is 11.1. The molecule has 0 saturated carbocycles. The molecule has 0 bridgehead atoms. The van der Waals surface area contributed by atoms with Gasteiger partial charge in [-0.2, -0.15) is 0 Å². The van der Waals surface area contributed by atoms with Gasteiger partial charge in [-0.25, -0.2) is 9.59 Å². The Hall–Kier alpha value is -3.49. The van der Waals surface area contributed by atoms with E-state index in [4.69, 9.17) is 29.3 Å². The molecule has 1 unspecified atom stereocenters. The Balaban J connectivity index is 0.000000401. The van der Waals surface area contributed by atoms with Crippen LogP contribution in [0.15, 0.2) is 66.9 Å². The fourth-order valence-electron chi connectivity index (χ4n) is 3.19. The highest BCUT2D eigenvalue weighted by atomic mass is 16.5. The molecule has 3 aromatic rings. The lowest BCUT2D eigenvalue weighted by molar-refractivity contribution is -0.159. The number of carboxylic acids is 2. The van der Waals surface area contributed by atoms with E-state index in [1.165, 1.54) is 10.9 Å². The average molecular weight is 424 g/mol. The number of hydrogen-bond acceptors (Lipinski definition) is 6. The van der Waals surface area contributed by atoms with Gasteiger partial charge in [-0.1, -0.05) is 36.4 Å². The number of benzene rings is 2. The molecule has 0 amide bonds. The van der Waals surface area contributed by atoms with E-state index >= 15 is 0 Å². The maximum Gasteiger partial charge on any atom is 0.414 e. The van der Waals surface area contributed by atoms with Crippen molar-refractivity contribution in [3.63, 3.8) is 0 Å². The van der Waals surface area contributed by atoms with Crippen molar-refractivity contribution in [2.45, 2.75) is 12.6 Å². The molecule has 1 atom stereocenters. The Morgan fingerprint density at radius 3 is 2.52 bits per heavy atom. The van der Waals surface area contributed by atoms with Gasteiger partial charge in [-0.3, -0.25) is 9.88 Å². The molecule has 31 heavy (non-hydrogen) atoms. The zero-order valence-electron chi connectivity index (χ0n) is 16.9. The van der Waals surface area contributed by atoms with Gasteiger partial charge in [0.25, 0.3) is 0 Å². The van der Waals surface area contributed by atoms with E-state index in [0.717, 1.165) is 37.5 Å². The van der Waals surface area contributed by atoms with Crippen molar-refractivity contribution < 1.29 is 29.3 Å². The maximum absolute atomic E-state index is 9.10. The monoisotopic (exact) mass is 424 g/mol. The van der Waals surface area contributed by atoms with E-state index in [2.05, 4.69) is 28.1 Å². The zero-order valence-corrected chi connectivity index (χ0v) is 16.9. The third-order valence-electron chi connectivity index (χ3n) is 4.64. The number of carboxylic acid groups (broad SMARTS) is 2. The van der Waals surface area contributed by atoms with Crippen LogP contribution in [-0.2, 0) is 20.9 Å². The molecule has 162 valence electrons. The van der Waals surface area contributed by atoms with Crippen LogP contribution in [-0.4, -0.2) is 64.4 Å². The predicted molar refractivity (Wildman–Crippen MR) is 114 cm³/mol. The van der Waals surface area contributed by atoms with Gasteiger partial charge in [0.05, 0.1) is 12.1 Å². The van der Waals surface area contributed by atoms with Gasteiger partial charge in [0.1, 0.15) is 18.5 Å². The standard InChI is InChI=1S/C21H22N2O2.C2H2O4/c1-2-7-19(8-3-1)25-16-20-15-23(10-11-24-20)14-17-12-18-6-4-5-9-21(18)22-13-17;3-1(4)2(5)6/h1-9,12-13,20H,10-11,14-16H2;(H,3,4)(H,5,6). The Morgan fingerprint density at radius 1 is 1.06 bits per heavy atom. The molecule has 0 aliphatic carbocycles. The summed E-state index contributed by atoms with van der Waals surface area (Å²) < 4.78 is 11.7. The summed E-state index contributed by atoms with van der Waals surface area (Å²) in [6, 6.07) is 20.4. The van der Waals surface area contributed by atoms with Crippen molar-refractivity contribution in [2.75, 3.05) is 26.3 Å². The first-order valence-corrected chi connectivity index (χ1v) is 9.83. The third-order valence-corrected chi connectivity index (χ3v) is 4.64. The number of ether oxygens (including phenoxy) is 2. The topological polar surface area (TPSA) is 109 Å². The highest BCUT2D eigenvalue weighted by Gasteiger charge is 2.21. The van der Waals surface area contributed by atoms with Crippen molar-refractivity contribution in [3.05, 3.63) is 72.4 Å². The van der Waals surface area contributed by atoms with Crippen molar-refractivity contribution in [3.8, 4) is 5.75 Å². The SMILES string of the molecule is O=C(O)C(=O)O.c1ccc(OCC2CN(Cc3cnc4ccccc4c3)CCO2)cc1. The minimum absolute atomic E-state index is 0.0994. The smallest absolute Gasteiger partial charge is 0.414 e. The van der Waals surface area contributed by atoms with Crippen molar-refractivity contribution >= 4 is 22.8 Å². The second-order valence-corrected chi connectivity index (χ2v) is 7.00. The summed E-state index contributed by atoms with van der Waals surface area (Å²) in [6.45, 7) is 4.03. The van der Waals surface area contributed by atoms with E-state index in [1.807, 2.05) is 48.7 Å². The minimum Gasteiger partial charge on any atom is -0.491 e. The van der Waals surface area contributed by atoms with E-state index in [-0.39, 0.29) is 6.10 Å². The van der Waals surface area contributed by atoms with Gasteiger partial charge in [0, 0.05) is 31.2 Å². The number of carbonyl (C=O) groups is 2. The summed E-state index contributed by atoms with van der Waals surface area (Å²) in [6.07, 6.45) is 2.08. The number of fused-ring (bicyclic) bond motifs is 1. The van der Waals surface area contributed by atoms with Crippen molar-refractivity contribution in [1.82, 2.24) is 9.88 Å². The first kappa shape index (κ1) is 22.2. The van der Waals surface area contributed by atoms with Crippen LogP contribution >= 0.6 is 0 Å². The Bertz CT molecular complexity index is 999. The highest BCUT2D eigenvalue weighted by molar-refractivity contribution is 6.27. The normalized spacial score (nSPS) is 16.2. The average Bonchev–Trinajstić information content (AvgIpc) is 2.79. The summed E-state index contributed by atoms with van der Waals surface area (Å²) in [5.41, 5.74) is 2.28. The lowest BCUT2D eigenvalue weighted by Crippen LogP contribution is -2.44. The zero-order chi connectivity index (χ0) is 22.1. The molecule has 0 radical (unpaired) electrons. The first-order valence-electron chi connectivity index (χ1n) is 9.83. The van der Waals surface area contributed by atoms with Crippen molar-refractivity contribution in [2.24, 2.45) is 0 Å². The number of aromatic nitrogens is 1. The molecule has 0 spiro atoms. The molecule has 1 fully saturated rings. The summed E-state index contributed by atoms with van der Waals surface area (Å²) in [5, 5.41) is 16.0. The molecule has 8 nitrogen and oxygen atoms in total. The maximum atomic E-state index is 9.10. The van der Waals surface area contributed by atoms with Gasteiger partial charge >= 0.3 is 11.9 Å². The van der Waals surface area contributed by atoms with Crippen LogP contribution in [0.25, 0.3) is 10.9 Å². The molecule has 1 saturated heterocycles. The van der Waals surface area contributed by atoms with Crippen molar-refractivity contribution in [1.29, 1.82) is 0 Å². The van der Waals surface area contributed by atoms with E-state index in [1.54, 1.807) is 0 Å². The number of para-hydroxylation sites is 2. The van der Waals surface area contributed by atoms with Gasteiger partial charge in [0.2, 0.25) is 0 Å². The molecule has 2 aromatic carbocycles. The summed E-state index contributed by atoms with van der Waals surface area (Å²) >= 11 is 0. The molecule has 2 heterocycles. The molecular weight excluding hydrogens is 400 g/mol. The van der Waals surface area contributed by atoms with Crippen LogP contribution in [0.1, 0.15) is 5.56 Å². The number of morpholine rings is 1. The van der Waals surface area contributed by atoms with Crippen LogP contribution in [0.2, 0.25) is 0 Å². The number of rotatable bonds is 5. The van der Waals surface area contributed by atoms with Gasteiger partial charge in [-0.15, -0.1) is 0 Å². The Kier molecular flexibility index (Phi) is 7.91. The quantitative estimate of drug-likeness (QED) is 0.602. The largest absolute Gasteiger partial charge is 0.491 e. The highest BCUT2D eigenvalue weighted by Crippen LogP contribution is 2.16. The predicted octanol–water partition coefficient (Wildman–Crippen LogP) is 2.67. The summed E-state index contributed by atoms with van der Waals surface area (Å²) in [7, 11) is 0. The van der Waals surface area contributed by atoms with Crippen LogP contribution in [0.4, 0.5) is 0 Å². The molecule has 1 aromatic heterocycles. The molecule has 4 rings (SSSR count). The number of aliphatic carboxylic acids is 2. The number of nitrogens with zero attached hydrogens (tertiary/aromatic N) is 2. The van der Waals surface area contributed by atoms with Crippen LogP contribution in [0.3, 0.4) is 0 Å². The van der Waals surface area contributed by atoms with Gasteiger partial charge < -0.3 is 19.7 Å². The van der Waals surface area contributed by atoms with E-state index in [0.29, 0.717) is 6.61 Å². The fraction of sp³-hybridized carbons (Fsp3) is 0.261. The lowest BCUT2D eigenvalue weighted by atomic mass is 10.1. The summed E-state index contributed by atoms with van der Waals surface area (Å²) in [4.78, 5) is 25.2. The number of pyridine rings is 1. The molecular formula is C23H24N2O6. The fourth-order valence-corrected chi connectivity index (χ4v) is 3.19. The third kappa shape index (κ3) is 7.06. The molecule has 2 N–H and O–H groups in total. The summed E-state index contributed by atoms with van der Waals surface area (Å²) in [5.74, 6) is -2.76. The Labute approximate surface area is 179 Å². The van der Waals surface area contributed by atoms with Gasteiger partial charge in [0.15, 0.2) is 0 Å². The molecule has 1 aliphatic heterocycles.